The Bertz CT molecular complexity index is 2630. The summed E-state index contributed by atoms with van der Waals surface area (Å²) in [7, 11) is 0. The highest BCUT2D eigenvalue weighted by atomic mass is 15.3. The van der Waals surface area contributed by atoms with Gasteiger partial charge in [-0.3, -0.25) is 9.13 Å². The maximum Gasteiger partial charge on any atom is 0.240 e. The van der Waals surface area contributed by atoms with E-state index in [-0.39, 0.29) is 0 Å². The molecule has 0 aliphatic heterocycles. The summed E-state index contributed by atoms with van der Waals surface area (Å²) >= 11 is 0. The molecule has 0 fully saturated rings. The van der Waals surface area contributed by atoms with Crippen molar-refractivity contribution in [2.75, 3.05) is 0 Å². The zero-order valence-electron chi connectivity index (χ0n) is 27.0. The Kier molecular flexibility index (Phi) is 6.42. The Labute approximate surface area is 288 Å². The highest BCUT2D eigenvalue weighted by Gasteiger charge is 2.22. The van der Waals surface area contributed by atoms with Crippen molar-refractivity contribution in [3.8, 4) is 45.5 Å². The molecule has 0 aliphatic carbocycles. The smallest absolute Gasteiger partial charge is 0.240 e. The molecule has 0 spiro atoms. The van der Waals surface area contributed by atoms with E-state index in [1.54, 1.807) is 0 Å². The minimum Gasteiger partial charge on any atom is -0.278 e. The van der Waals surface area contributed by atoms with Crippen LogP contribution in [0.5, 0.6) is 0 Å². The van der Waals surface area contributed by atoms with Gasteiger partial charge >= 0.3 is 0 Å². The number of benzene rings is 7. The Morgan fingerprint density at radius 2 is 0.700 bits per heavy atom. The lowest BCUT2D eigenvalue weighted by Crippen LogP contribution is -2.10. The zero-order chi connectivity index (χ0) is 33.0. The molecule has 0 aliphatic rings. The predicted molar refractivity (Wildman–Crippen MR) is 205 cm³/mol. The van der Waals surface area contributed by atoms with Crippen LogP contribution in [0, 0.1) is 0 Å². The second-order valence-corrected chi connectivity index (χ2v) is 12.5. The highest BCUT2D eigenvalue weighted by Crippen LogP contribution is 2.38. The van der Waals surface area contributed by atoms with Crippen LogP contribution in [-0.4, -0.2) is 24.1 Å². The molecule has 0 radical (unpaired) electrons. The third-order valence-corrected chi connectivity index (χ3v) is 9.62. The van der Waals surface area contributed by atoms with Crippen molar-refractivity contribution in [2.45, 2.75) is 0 Å². The summed E-state index contributed by atoms with van der Waals surface area (Å²) in [4.78, 5) is 16.1. The molecular formula is C45H29N5. The molecule has 0 atom stereocenters. The molecule has 5 heteroatoms. The van der Waals surface area contributed by atoms with E-state index in [9.17, 15) is 0 Å². The number of hydrogen-bond donors (Lipinski definition) is 0. The van der Waals surface area contributed by atoms with E-state index < -0.39 is 0 Å². The fourth-order valence-corrected chi connectivity index (χ4v) is 7.36. The first-order valence-electron chi connectivity index (χ1n) is 16.8. The first-order valence-corrected chi connectivity index (χ1v) is 16.8. The normalized spacial score (nSPS) is 11.6. The van der Waals surface area contributed by atoms with E-state index in [0.717, 1.165) is 71.4 Å². The van der Waals surface area contributed by atoms with Crippen LogP contribution < -0.4 is 0 Å². The molecule has 0 saturated heterocycles. The van der Waals surface area contributed by atoms with Gasteiger partial charge in [0.15, 0.2) is 5.82 Å². The van der Waals surface area contributed by atoms with Crippen LogP contribution in [-0.2, 0) is 0 Å². The van der Waals surface area contributed by atoms with Gasteiger partial charge in [-0.1, -0.05) is 146 Å². The fourth-order valence-electron chi connectivity index (χ4n) is 7.36. The van der Waals surface area contributed by atoms with E-state index >= 15 is 0 Å². The van der Waals surface area contributed by atoms with Crippen molar-refractivity contribution in [3.63, 3.8) is 0 Å². The van der Waals surface area contributed by atoms with Crippen LogP contribution in [0.1, 0.15) is 0 Å². The molecule has 0 N–H and O–H groups in total. The van der Waals surface area contributed by atoms with Gasteiger partial charge in [-0.25, -0.2) is 0 Å². The molecule has 3 aromatic heterocycles. The third-order valence-electron chi connectivity index (χ3n) is 9.62. The van der Waals surface area contributed by atoms with Crippen molar-refractivity contribution < 1.29 is 0 Å². The second-order valence-electron chi connectivity index (χ2n) is 12.5. The first kappa shape index (κ1) is 28.2. The molecule has 0 saturated carbocycles. The highest BCUT2D eigenvalue weighted by molar-refractivity contribution is 6.10. The molecule has 0 unspecified atom stereocenters. The number of para-hydroxylation sites is 4. The number of hydrogen-bond acceptors (Lipinski definition) is 3. The molecule has 10 aromatic rings. The Hall–Kier alpha value is -6.85. The Morgan fingerprint density at radius 1 is 0.300 bits per heavy atom. The van der Waals surface area contributed by atoms with Gasteiger partial charge in [0.1, 0.15) is 0 Å². The van der Waals surface area contributed by atoms with Crippen molar-refractivity contribution in [1.82, 2.24) is 24.1 Å². The third kappa shape index (κ3) is 4.45. The molecule has 234 valence electrons. The molecule has 0 amide bonds. The lowest BCUT2D eigenvalue weighted by molar-refractivity contribution is 0.893. The SMILES string of the molecule is c1ccc(-c2ccc(-c3ccccc3)c(-c3nc(-n4c5ccccc5c5ccccc54)nc(-n4c5ccccc5c5ccccc54)n3)c2)cc1. The molecule has 0 bridgehead atoms. The maximum atomic E-state index is 5.36. The summed E-state index contributed by atoms with van der Waals surface area (Å²) < 4.78 is 4.35. The zero-order valence-corrected chi connectivity index (χ0v) is 27.0. The van der Waals surface area contributed by atoms with Crippen molar-refractivity contribution in [2.24, 2.45) is 0 Å². The van der Waals surface area contributed by atoms with E-state index in [0.29, 0.717) is 17.7 Å². The summed E-state index contributed by atoms with van der Waals surface area (Å²) in [5.41, 5.74) is 9.48. The Balaban J connectivity index is 1.33. The topological polar surface area (TPSA) is 48.5 Å². The summed E-state index contributed by atoms with van der Waals surface area (Å²) in [5, 5.41) is 4.61. The van der Waals surface area contributed by atoms with Crippen molar-refractivity contribution in [1.29, 1.82) is 0 Å². The monoisotopic (exact) mass is 639 g/mol. The second kappa shape index (κ2) is 11.4. The van der Waals surface area contributed by atoms with Gasteiger partial charge < -0.3 is 0 Å². The van der Waals surface area contributed by atoms with Gasteiger partial charge in [0.2, 0.25) is 11.9 Å². The molecule has 7 aromatic carbocycles. The van der Waals surface area contributed by atoms with Crippen LogP contribution in [0.15, 0.2) is 176 Å². The van der Waals surface area contributed by atoms with Gasteiger partial charge in [0.25, 0.3) is 0 Å². The van der Waals surface area contributed by atoms with Crippen LogP contribution in [0.25, 0.3) is 89.2 Å². The van der Waals surface area contributed by atoms with Crippen LogP contribution in [0.4, 0.5) is 0 Å². The van der Waals surface area contributed by atoms with E-state index in [1.165, 1.54) is 0 Å². The van der Waals surface area contributed by atoms with Gasteiger partial charge in [-0.15, -0.1) is 0 Å². The molecule has 5 nitrogen and oxygen atoms in total. The number of fused-ring (bicyclic) bond motifs is 6. The van der Waals surface area contributed by atoms with Gasteiger partial charge in [-0.05, 0) is 52.6 Å². The summed E-state index contributed by atoms with van der Waals surface area (Å²) in [5.74, 6) is 1.73. The van der Waals surface area contributed by atoms with Crippen molar-refractivity contribution >= 4 is 43.6 Å². The van der Waals surface area contributed by atoms with Crippen molar-refractivity contribution in [3.05, 3.63) is 176 Å². The largest absolute Gasteiger partial charge is 0.278 e. The lowest BCUT2D eigenvalue weighted by atomic mass is 9.94. The molecular weight excluding hydrogens is 611 g/mol. The fraction of sp³-hybridized carbons (Fsp3) is 0. The minimum atomic E-state index is 0.563. The maximum absolute atomic E-state index is 5.36. The van der Waals surface area contributed by atoms with Crippen LogP contribution in [0.2, 0.25) is 0 Å². The van der Waals surface area contributed by atoms with Gasteiger partial charge in [0, 0.05) is 27.1 Å². The van der Waals surface area contributed by atoms with E-state index in [4.69, 9.17) is 15.0 Å². The average molecular weight is 640 g/mol. The van der Waals surface area contributed by atoms with Crippen LogP contribution in [0.3, 0.4) is 0 Å². The number of nitrogens with zero attached hydrogens (tertiary/aromatic N) is 5. The minimum absolute atomic E-state index is 0.563. The number of rotatable bonds is 5. The summed E-state index contributed by atoms with van der Waals surface area (Å²) in [6.07, 6.45) is 0. The summed E-state index contributed by atoms with van der Waals surface area (Å²) in [6.45, 7) is 0. The number of aromatic nitrogens is 5. The van der Waals surface area contributed by atoms with Crippen LogP contribution >= 0.6 is 0 Å². The molecule has 10 rings (SSSR count). The average Bonchev–Trinajstić information content (AvgIpc) is 3.71. The molecule has 3 heterocycles. The van der Waals surface area contributed by atoms with Gasteiger partial charge in [-0.2, -0.15) is 15.0 Å². The quantitative estimate of drug-likeness (QED) is 0.188. The predicted octanol–water partition coefficient (Wildman–Crippen LogP) is 11.1. The standard InChI is InChI=1S/C45H29N5/c1-3-15-30(16-4-1)32-27-28-33(31-17-5-2-6-18-31)38(29-32)43-46-44(49-39-23-11-7-19-34(39)35-20-8-12-24-40(35)49)48-45(47-43)50-41-25-13-9-21-36(41)37-22-10-14-26-42(37)50/h1-29H. The van der Waals surface area contributed by atoms with Gasteiger partial charge in [0.05, 0.1) is 22.1 Å². The van der Waals surface area contributed by atoms with E-state index in [1.807, 2.05) is 12.1 Å². The van der Waals surface area contributed by atoms with E-state index in [2.05, 4.69) is 173 Å². The molecule has 50 heavy (non-hydrogen) atoms. The summed E-state index contributed by atoms with van der Waals surface area (Å²) in [6, 6.07) is 61.4. The lowest BCUT2D eigenvalue weighted by Gasteiger charge is -2.15. The Morgan fingerprint density at radius 3 is 1.16 bits per heavy atom. The first-order chi connectivity index (χ1) is 24.8.